The van der Waals surface area contributed by atoms with Crippen LogP contribution in [0.15, 0.2) is 101 Å². The van der Waals surface area contributed by atoms with Gasteiger partial charge in [0.2, 0.25) is 5.91 Å². The summed E-state index contributed by atoms with van der Waals surface area (Å²) in [6.07, 6.45) is 3.34. The molecular weight excluding hydrogens is 462 g/mol. The summed E-state index contributed by atoms with van der Waals surface area (Å²) < 4.78 is 0. The molecular formula is C28H24ClN3OS. The molecule has 170 valence electrons. The normalized spacial score (nSPS) is 12.0. The number of thioether (sulfide) groups is 1. The number of hydrogen-bond acceptors (Lipinski definition) is 4. The number of aromatic nitrogens is 1. The molecule has 34 heavy (non-hydrogen) atoms. The third-order valence-electron chi connectivity index (χ3n) is 5.23. The highest BCUT2D eigenvalue weighted by Gasteiger charge is 2.23. The molecule has 1 aromatic heterocycles. The Morgan fingerprint density at radius 1 is 1.00 bits per heavy atom. The molecule has 1 amide bonds. The Balaban J connectivity index is 1.65. The first-order valence-corrected chi connectivity index (χ1v) is 12.1. The molecule has 0 saturated heterocycles. The number of amides is 1. The predicted octanol–water partition coefficient (Wildman–Crippen LogP) is 7.57. The number of nitrogens with one attached hydrogen (secondary N) is 1. The molecule has 4 rings (SSSR count). The number of aryl methyl sites for hydroxylation is 2. The third kappa shape index (κ3) is 5.93. The maximum Gasteiger partial charge on any atom is 0.242 e. The van der Waals surface area contributed by atoms with E-state index in [0.717, 1.165) is 38.5 Å². The van der Waals surface area contributed by atoms with Gasteiger partial charge in [-0.2, -0.15) is 0 Å². The Morgan fingerprint density at radius 2 is 1.76 bits per heavy atom. The Morgan fingerprint density at radius 3 is 2.56 bits per heavy atom. The molecule has 0 saturated carbocycles. The van der Waals surface area contributed by atoms with Gasteiger partial charge in [0.25, 0.3) is 0 Å². The minimum Gasteiger partial charge on any atom is -0.325 e. The molecule has 0 aliphatic rings. The lowest BCUT2D eigenvalue weighted by Crippen LogP contribution is -2.19. The lowest BCUT2D eigenvalue weighted by atomic mass is 10.1. The lowest BCUT2D eigenvalue weighted by molar-refractivity contribution is -0.115. The summed E-state index contributed by atoms with van der Waals surface area (Å²) in [5.74, 6) is -0.0843. The molecule has 0 radical (unpaired) electrons. The molecule has 4 nitrogen and oxygen atoms in total. The van der Waals surface area contributed by atoms with Crippen LogP contribution < -0.4 is 5.32 Å². The molecule has 0 spiro atoms. The zero-order valence-corrected chi connectivity index (χ0v) is 20.5. The first-order valence-electron chi connectivity index (χ1n) is 10.8. The van der Waals surface area contributed by atoms with Gasteiger partial charge in [-0.25, -0.2) is 4.98 Å². The summed E-state index contributed by atoms with van der Waals surface area (Å²) in [7, 11) is 0. The summed E-state index contributed by atoms with van der Waals surface area (Å²) in [5.41, 5.74) is 5.35. The second-order valence-electron chi connectivity index (χ2n) is 7.83. The van der Waals surface area contributed by atoms with Crippen LogP contribution in [0.4, 0.5) is 11.4 Å². The van der Waals surface area contributed by atoms with E-state index in [-0.39, 0.29) is 5.91 Å². The number of carbonyl (C=O) groups is 1. The molecule has 3 aromatic carbocycles. The van der Waals surface area contributed by atoms with Gasteiger partial charge in [0.05, 0.1) is 5.69 Å². The Kier molecular flexibility index (Phi) is 7.78. The maximum absolute atomic E-state index is 13.5. The number of para-hydroxylation sites is 1. The minimum atomic E-state index is -0.459. The standard InChI is InChI=1S/C28H24ClN3OS/c1-19-14-15-20(2)24(17-19)32-28(33)26(21-9-4-3-5-10-21)34-25-13-7-6-12-23(25)31-18-22-11-8-16-30-27(22)29/h3-18,26H,1-2H3,(H,32,33). The predicted molar refractivity (Wildman–Crippen MR) is 143 cm³/mol. The van der Waals surface area contributed by atoms with Crippen molar-refractivity contribution >= 4 is 46.9 Å². The number of benzene rings is 3. The van der Waals surface area contributed by atoms with Crippen molar-refractivity contribution in [1.82, 2.24) is 4.98 Å². The number of nitrogens with zero attached hydrogens (tertiary/aromatic N) is 2. The van der Waals surface area contributed by atoms with Gasteiger partial charge < -0.3 is 5.32 Å². The Hall–Kier alpha value is -3.41. The van der Waals surface area contributed by atoms with Crippen LogP contribution in [-0.2, 0) is 4.79 Å². The van der Waals surface area contributed by atoms with Gasteiger partial charge in [0.15, 0.2) is 0 Å². The second kappa shape index (κ2) is 11.1. The molecule has 6 heteroatoms. The smallest absolute Gasteiger partial charge is 0.242 e. The average Bonchev–Trinajstić information content (AvgIpc) is 2.85. The van der Waals surface area contributed by atoms with Crippen molar-refractivity contribution in [1.29, 1.82) is 0 Å². The van der Waals surface area contributed by atoms with Crippen molar-refractivity contribution in [3.8, 4) is 0 Å². The average molecular weight is 486 g/mol. The summed E-state index contributed by atoms with van der Waals surface area (Å²) in [6, 6.07) is 27.3. The van der Waals surface area contributed by atoms with Gasteiger partial charge in [-0.15, -0.1) is 11.8 Å². The van der Waals surface area contributed by atoms with E-state index in [1.807, 2.05) is 98.8 Å². The van der Waals surface area contributed by atoms with Crippen LogP contribution in [0.1, 0.15) is 27.5 Å². The van der Waals surface area contributed by atoms with Crippen molar-refractivity contribution < 1.29 is 4.79 Å². The van der Waals surface area contributed by atoms with Crippen molar-refractivity contribution in [2.75, 3.05) is 5.32 Å². The molecule has 1 N–H and O–H groups in total. The van der Waals surface area contributed by atoms with Crippen molar-refractivity contribution in [2.45, 2.75) is 24.0 Å². The monoisotopic (exact) mass is 485 g/mol. The minimum absolute atomic E-state index is 0.0843. The van der Waals surface area contributed by atoms with Crippen LogP contribution in [0.5, 0.6) is 0 Å². The molecule has 0 aliphatic heterocycles. The highest BCUT2D eigenvalue weighted by molar-refractivity contribution is 8.00. The molecule has 0 aliphatic carbocycles. The van der Waals surface area contributed by atoms with Crippen molar-refractivity contribution in [3.63, 3.8) is 0 Å². The van der Waals surface area contributed by atoms with Gasteiger partial charge >= 0.3 is 0 Å². The zero-order chi connectivity index (χ0) is 23.9. The quantitative estimate of drug-likeness (QED) is 0.167. The summed E-state index contributed by atoms with van der Waals surface area (Å²) in [5, 5.41) is 3.07. The van der Waals surface area contributed by atoms with Gasteiger partial charge in [-0.05, 0) is 60.9 Å². The summed E-state index contributed by atoms with van der Waals surface area (Å²) in [4.78, 5) is 23.2. The molecule has 1 atom stereocenters. The number of carbonyl (C=O) groups excluding carboxylic acids is 1. The van der Waals surface area contributed by atoms with Crippen LogP contribution in [-0.4, -0.2) is 17.1 Å². The fourth-order valence-corrected chi connectivity index (χ4v) is 4.67. The Labute approximate surface area is 209 Å². The van der Waals surface area contributed by atoms with Crippen LogP contribution in [0, 0.1) is 13.8 Å². The summed E-state index contributed by atoms with van der Waals surface area (Å²) in [6.45, 7) is 4.01. The number of pyridine rings is 1. The van der Waals surface area contributed by atoms with E-state index in [1.54, 1.807) is 12.4 Å². The topological polar surface area (TPSA) is 54.4 Å². The van der Waals surface area contributed by atoms with Crippen LogP contribution >= 0.6 is 23.4 Å². The van der Waals surface area contributed by atoms with E-state index in [9.17, 15) is 4.79 Å². The number of anilines is 1. The molecule has 0 fully saturated rings. The highest BCUT2D eigenvalue weighted by atomic mass is 35.5. The number of halogens is 1. The van der Waals surface area contributed by atoms with Crippen molar-refractivity contribution in [3.05, 3.63) is 119 Å². The number of hydrogen-bond donors (Lipinski definition) is 1. The second-order valence-corrected chi connectivity index (χ2v) is 9.33. The summed E-state index contributed by atoms with van der Waals surface area (Å²) >= 11 is 7.65. The fourth-order valence-electron chi connectivity index (χ4n) is 3.39. The fraction of sp³-hybridized carbons (Fsp3) is 0.107. The Bertz CT molecular complexity index is 1320. The molecule has 1 heterocycles. The van der Waals surface area contributed by atoms with E-state index < -0.39 is 5.25 Å². The van der Waals surface area contributed by atoms with Gasteiger partial charge in [0, 0.05) is 28.6 Å². The molecule has 1 unspecified atom stereocenters. The largest absolute Gasteiger partial charge is 0.325 e. The van der Waals surface area contributed by atoms with Crippen LogP contribution in [0.3, 0.4) is 0 Å². The van der Waals surface area contributed by atoms with E-state index in [0.29, 0.717) is 5.15 Å². The zero-order valence-electron chi connectivity index (χ0n) is 18.9. The first-order chi connectivity index (χ1) is 16.5. The van der Waals surface area contributed by atoms with E-state index >= 15 is 0 Å². The molecule has 0 bridgehead atoms. The SMILES string of the molecule is Cc1ccc(C)c(NC(=O)C(Sc2ccccc2N=Cc2cccnc2Cl)c2ccccc2)c1. The van der Waals surface area contributed by atoms with Crippen LogP contribution in [0.25, 0.3) is 0 Å². The molecule has 4 aromatic rings. The van der Waals surface area contributed by atoms with E-state index in [2.05, 4.69) is 15.3 Å². The first kappa shape index (κ1) is 23.7. The highest BCUT2D eigenvalue weighted by Crippen LogP contribution is 2.41. The van der Waals surface area contributed by atoms with Gasteiger partial charge in [0.1, 0.15) is 10.4 Å². The van der Waals surface area contributed by atoms with E-state index in [4.69, 9.17) is 11.6 Å². The van der Waals surface area contributed by atoms with Gasteiger partial charge in [-0.3, -0.25) is 9.79 Å². The van der Waals surface area contributed by atoms with Crippen LogP contribution in [0.2, 0.25) is 5.15 Å². The number of aliphatic imine (C=N–C) groups is 1. The lowest BCUT2D eigenvalue weighted by Gasteiger charge is -2.19. The third-order valence-corrected chi connectivity index (χ3v) is 6.87. The number of rotatable bonds is 7. The van der Waals surface area contributed by atoms with E-state index in [1.165, 1.54) is 11.8 Å². The maximum atomic E-state index is 13.5. The van der Waals surface area contributed by atoms with Crippen molar-refractivity contribution in [2.24, 2.45) is 4.99 Å². The van der Waals surface area contributed by atoms with Gasteiger partial charge in [-0.1, -0.05) is 66.2 Å².